The number of halogens is 2. The van der Waals surface area contributed by atoms with Crippen LogP contribution in [0.4, 0.5) is 14.7 Å². The second-order valence-corrected chi connectivity index (χ2v) is 6.63. The zero-order valence-electron chi connectivity index (χ0n) is 13.3. The van der Waals surface area contributed by atoms with Gasteiger partial charge in [0.2, 0.25) is 12.4 Å². The molecule has 1 saturated heterocycles. The predicted molar refractivity (Wildman–Crippen MR) is 91.6 cm³/mol. The number of anilines is 1. The van der Waals surface area contributed by atoms with Crippen LogP contribution in [0.3, 0.4) is 0 Å². The van der Waals surface area contributed by atoms with Crippen LogP contribution in [0, 0.1) is 0 Å². The van der Waals surface area contributed by atoms with Crippen LogP contribution in [-0.4, -0.2) is 51.1 Å². The number of alkyl halides is 2. The third kappa shape index (κ3) is 4.02. The van der Waals surface area contributed by atoms with Crippen molar-refractivity contribution >= 4 is 28.9 Å². The lowest BCUT2D eigenvalue weighted by Crippen LogP contribution is -2.35. The summed E-state index contributed by atoms with van der Waals surface area (Å²) in [6.07, 6.45) is 2.47. The molecule has 2 aromatic heterocycles. The Kier molecular flexibility index (Phi) is 5.30. The Morgan fingerprint density at radius 3 is 2.88 bits per heavy atom. The molecule has 3 rings (SSSR count). The first-order chi connectivity index (χ1) is 11.5. The molecule has 0 amide bonds. The van der Waals surface area contributed by atoms with E-state index in [4.69, 9.17) is 0 Å². The second kappa shape index (κ2) is 7.43. The molecular formula is C15H19F2N5OS. The number of pyridine rings is 1. The molecule has 1 aliphatic heterocycles. The molecule has 1 aliphatic rings. The van der Waals surface area contributed by atoms with Crippen LogP contribution in [0.2, 0.25) is 0 Å². The molecule has 0 unspecified atom stereocenters. The summed E-state index contributed by atoms with van der Waals surface area (Å²) in [7, 11) is 0. The summed E-state index contributed by atoms with van der Waals surface area (Å²) >= 11 is 1.74. The average Bonchev–Trinajstić information content (AvgIpc) is 2.56. The summed E-state index contributed by atoms with van der Waals surface area (Å²) < 4.78 is 27.3. The number of hydrogen-bond acceptors (Lipinski definition) is 6. The van der Waals surface area contributed by atoms with Crippen LogP contribution >= 0.6 is 11.9 Å². The van der Waals surface area contributed by atoms with E-state index < -0.39 is 18.4 Å². The van der Waals surface area contributed by atoms with Crippen molar-refractivity contribution in [2.24, 2.45) is 0 Å². The van der Waals surface area contributed by atoms with E-state index in [1.165, 1.54) is 6.07 Å². The van der Waals surface area contributed by atoms with Gasteiger partial charge in [0.15, 0.2) is 0 Å². The van der Waals surface area contributed by atoms with Gasteiger partial charge in [-0.15, -0.1) is 0 Å². The summed E-state index contributed by atoms with van der Waals surface area (Å²) in [6.45, 7) is 2.00. The van der Waals surface area contributed by atoms with Crippen molar-refractivity contribution in [3.05, 3.63) is 28.2 Å². The van der Waals surface area contributed by atoms with Crippen molar-refractivity contribution in [1.29, 1.82) is 0 Å². The minimum atomic E-state index is -2.56. The maximum absolute atomic E-state index is 12.5. The molecule has 0 radical (unpaired) electrons. The first-order valence-electron chi connectivity index (χ1n) is 7.78. The van der Waals surface area contributed by atoms with Crippen molar-refractivity contribution in [3.8, 4) is 0 Å². The molecule has 1 fully saturated rings. The average molecular weight is 355 g/mol. The van der Waals surface area contributed by atoms with Crippen LogP contribution in [0.5, 0.6) is 0 Å². The lowest BCUT2D eigenvalue weighted by atomic mass is 10.1. The van der Waals surface area contributed by atoms with Gasteiger partial charge < -0.3 is 10.3 Å². The van der Waals surface area contributed by atoms with Gasteiger partial charge in [-0.1, -0.05) is 11.9 Å². The minimum absolute atomic E-state index is 0.0475. The Morgan fingerprint density at radius 1 is 1.46 bits per heavy atom. The molecule has 0 saturated carbocycles. The highest BCUT2D eigenvalue weighted by Crippen LogP contribution is 2.19. The van der Waals surface area contributed by atoms with E-state index in [0.29, 0.717) is 17.0 Å². The van der Waals surface area contributed by atoms with Gasteiger partial charge in [-0.25, -0.2) is 13.8 Å². The minimum Gasteiger partial charge on any atom is -0.351 e. The van der Waals surface area contributed by atoms with Crippen molar-refractivity contribution in [1.82, 2.24) is 19.3 Å². The van der Waals surface area contributed by atoms with Crippen LogP contribution in [0.1, 0.15) is 18.4 Å². The van der Waals surface area contributed by atoms with E-state index in [0.717, 1.165) is 25.9 Å². The van der Waals surface area contributed by atoms with E-state index in [1.54, 1.807) is 18.1 Å². The standard InChI is InChI=1S/C15H19F2N5OS/c1-24-22-4-2-11(3-5-22)19-15-18-8-10-6-9(7-12(16)17)14(23)20-13(10)21-15/h6,8,11-12H,2-5,7H2,1H3,(H2,18,19,20,21,23). The van der Waals surface area contributed by atoms with E-state index in [2.05, 4.69) is 30.8 Å². The molecule has 6 nitrogen and oxygen atoms in total. The molecule has 3 heterocycles. The number of aromatic amines is 1. The zero-order chi connectivity index (χ0) is 17.1. The quantitative estimate of drug-likeness (QED) is 0.802. The van der Waals surface area contributed by atoms with Crippen molar-refractivity contribution in [3.63, 3.8) is 0 Å². The number of nitrogens with zero attached hydrogens (tertiary/aromatic N) is 3. The lowest BCUT2D eigenvalue weighted by Gasteiger charge is -2.30. The predicted octanol–water partition coefficient (Wildman–Crippen LogP) is 2.28. The Balaban J connectivity index is 1.75. The number of nitrogens with one attached hydrogen (secondary N) is 2. The zero-order valence-corrected chi connectivity index (χ0v) is 14.1. The molecule has 0 spiro atoms. The Labute approximate surface area is 142 Å². The SMILES string of the molecule is CSN1CCC(Nc2ncc3cc(CC(F)F)c(=O)[nH]c3n2)CC1. The van der Waals surface area contributed by atoms with Gasteiger partial charge in [-0.05, 0) is 25.2 Å². The fourth-order valence-electron chi connectivity index (χ4n) is 2.79. The summed E-state index contributed by atoms with van der Waals surface area (Å²) in [5.74, 6) is 0.447. The summed E-state index contributed by atoms with van der Waals surface area (Å²) in [5, 5.41) is 3.83. The van der Waals surface area contributed by atoms with E-state index in [1.807, 2.05) is 0 Å². The molecule has 0 aliphatic carbocycles. The molecule has 0 bridgehead atoms. The fourth-order valence-corrected chi connectivity index (χ4v) is 3.37. The highest BCUT2D eigenvalue weighted by Gasteiger charge is 2.19. The molecule has 2 aromatic rings. The first-order valence-corrected chi connectivity index (χ1v) is 8.96. The summed E-state index contributed by atoms with van der Waals surface area (Å²) in [6, 6.07) is 1.72. The Morgan fingerprint density at radius 2 is 2.21 bits per heavy atom. The number of fused-ring (bicyclic) bond motifs is 1. The lowest BCUT2D eigenvalue weighted by molar-refractivity contribution is 0.148. The van der Waals surface area contributed by atoms with E-state index in [-0.39, 0.29) is 11.6 Å². The number of aromatic nitrogens is 3. The van der Waals surface area contributed by atoms with Crippen molar-refractivity contribution < 1.29 is 8.78 Å². The third-order valence-electron chi connectivity index (χ3n) is 4.09. The highest BCUT2D eigenvalue weighted by molar-refractivity contribution is 7.96. The largest absolute Gasteiger partial charge is 0.351 e. The van der Waals surface area contributed by atoms with Gasteiger partial charge in [0.1, 0.15) is 5.65 Å². The number of H-pyrrole nitrogens is 1. The van der Waals surface area contributed by atoms with Crippen molar-refractivity contribution in [2.45, 2.75) is 31.7 Å². The van der Waals surface area contributed by atoms with Crippen LogP contribution in [0.25, 0.3) is 11.0 Å². The summed E-state index contributed by atoms with van der Waals surface area (Å²) in [5.41, 5.74) is -0.121. The molecule has 0 aromatic carbocycles. The molecule has 24 heavy (non-hydrogen) atoms. The van der Waals surface area contributed by atoms with Crippen LogP contribution < -0.4 is 10.9 Å². The van der Waals surface area contributed by atoms with Gasteiger partial charge in [0, 0.05) is 42.7 Å². The topological polar surface area (TPSA) is 73.9 Å². The monoisotopic (exact) mass is 355 g/mol. The van der Waals surface area contributed by atoms with E-state index in [9.17, 15) is 13.6 Å². The second-order valence-electron chi connectivity index (χ2n) is 5.75. The van der Waals surface area contributed by atoms with Crippen LogP contribution in [-0.2, 0) is 6.42 Å². The molecular weight excluding hydrogens is 336 g/mol. The maximum atomic E-state index is 12.5. The van der Waals surface area contributed by atoms with Gasteiger partial charge in [0.05, 0.1) is 0 Å². The third-order valence-corrected chi connectivity index (χ3v) is 4.97. The van der Waals surface area contributed by atoms with Gasteiger partial charge in [-0.3, -0.25) is 9.10 Å². The first kappa shape index (κ1) is 17.1. The van der Waals surface area contributed by atoms with Gasteiger partial charge >= 0.3 is 0 Å². The van der Waals surface area contributed by atoms with Gasteiger partial charge in [-0.2, -0.15) is 4.98 Å². The molecule has 9 heteroatoms. The molecule has 130 valence electrons. The van der Waals surface area contributed by atoms with Crippen LogP contribution in [0.15, 0.2) is 17.1 Å². The normalized spacial score (nSPS) is 16.8. The van der Waals surface area contributed by atoms with Gasteiger partial charge in [0.25, 0.3) is 5.56 Å². The fraction of sp³-hybridized carbons (Fsp3) is 0.533. The number of piperidine rings is 1. The Bertz CT molecular complexity index is 761. The number of hydrogen-bond donors (Lipinski definition) is 2. The molecule has 0 atom stereocenters. The smallest absolute Gasteiger partial charge is 0.252 e. The van der Waals surface area contributed by atoms with Crippen molar-refractivity contribution in [2.75, 3.05) is 24.7 Å². The summed E-state index contributed by atoms with van der Waals surface area (Å²) in [4.78, 5) is 23.0. The number of rotatable bonds is 5. The maximum Gasteiger partial charge on any atom is 0.252 e. The van der Waals surface area contributed by atoms with E-state index >= 15 is 0 Å². The highest BCUT2D eigenvalue weighted by atomic mass is 32.2. The Hall–Kier alpha value is -1.74. The molecule has 2 N–H and O–H groups in total.